The van der Waals surface area contributed by atoms with Gasteiger partial charge in [0.25, 0.3) is 0 Å². The quantitative estimate of drug-likeness (QED) is 0.759. The van der Waals surface area contributed by atoms with E-state index in [1.54, 1.807) is 6.92 Å². The first-order chi connectivity index (χ1) is 7.59. The number of morpholine rings is 1. The summed E-state index contributed by atoms with van der Waals surface area (Å²) < 4.78 is 5.31. The van der Waals surface area contributed by atoms with Gasteiger partial charge in [-0.15, -0.1) is 0 Å². The van der Waals surface area contributed by atoms with E-state index in [0.29, 0.717) is 12.0 Å². The maximum absolute atomic E-state index is 11.1. The third kappa shape index (κ3) is 4.94. The summed E-state index contributed by atoms with van der Waals surface area (Å²) in [5, 5.41) is 3.02. The average molecular weight is 228 g/mol. The molecule has 0 aliphatic carbocycles. The smallest absolute Gasteiger partial charge is 0.217 e. The zero-order valence-electron chi connectivity index (χ0n) is 10.7. The molecular formula is C12H24N2O2. The Morgan fingerprint density at radius 3 is 2.50 bits per heavy atom. The second-order valence-electron chi connectivity index (χ2n) is 4.79. The summed E-state index contributed by atoms with van der Waals surface area (Å²) in [4.78, 5) is 13.5. The fourth-order valence-electron chi connectivity index (χ4n) is 1.98. The van der Waals surface area contributed by atoms with Crippen molar-refractivity contribution >= 4 is 5.91 Å². The molecule has 1 rings (SSSR count). The van der Waals surface area contributed by atoms with E-state index in [2.05, 4.69) is 24.1 Å². The predicted octanol–water partition coefficient (Wildman–Crippen LogP) is 0.869. The first-order valence-electron chi connectivity index (χ1n) is 6.17. The lowest BCUT2D eigenvalue weighted by molar-refractivity contribution is -0.120. The van der Waals surface area contributed by atoms with Crippen molar-refractivity contribution in [2.45, 2.75) is 33.2 Å². The SMILES string of the molecule is CC(=O)N[C@H](CCN1CCOCC1)C(C)C. The Balaban J connectivity index is 2.28. The van der Waals surface area contributed by atoms with E-state index in [-0.39, 0.29) is 5.91 Å². The van der Waals surface area contributed by atoms with Gasteiger partial charge in [-0.2, -0.15) is 0 Å². The molecule has 1 amide bonds. The first-order valence-corrected chi connectivity index (χ1v) is 6.17. The van der Waals surface area contributed by atoms with Gasteiger partial charge in [-0.1, -0.05) is 13.8 Å². The summed E-state index contributed by atoms with van der Waals surface area (Å²) in [6, 6.07) is 0.292. The number of carbonyl (C=O) groups is 1. The van der Waals surface area contributed by atoms with E-state index < -0.39 is 0 Å². The molecule has 1 aliphatic rings. The summed E-state index contributed by atoms with van der Waals surface area (Å²) in [5.41, 5.74) is 0. The fraction of sp³-hybridized carbons (Fsp3) is 0.917. The molecule has 1 aliphatic heterocycles. The van der Waals surface area contributed by atoms with Crippen molar-refractivity contribution in [2.75, 3.05) is 32.8 Å². The summed E-state index contributed by atoms with van der Waals surface area (Å²) in [7, 11) is 0. The normalized spacial score (nSPS) is 19.8. The molecule has 0 aromatic rings. The van der Waals surface area contributed by atoms with Crippen LogP contribution >= 0.6 is 0 Å². The number of carbonyl (C=O) groups excluding carboxylic acids is 1. The molecule has 0 spiro atoms. The first kappa shape index (κ1) is 13.5. The highest BCUT2D eigenvalue weighted by Crippen LogP contribution is 2.08. The van der Waals surface area contributed by atoms with Gasteiger partial charge in [0.15, 0.2) is 0 Å². The van der Waals surface area contributed by atoms with Crippen LogP contribution in [-0.2, 0) is 9.53 Å². The van der Waals surface area contributed by atoms with E-state index in [0.717, 1.165) is 39.3 Å². The highest BCUT2D eigenvalue weighted by Gasteiger charge is 2.17. The number of nitrogens with zero attached hydrogens (tertiary/aromatic N) is 1. The van der Waals surface area contributed by atoms with Gasteiger partial charge in [0.1, 0.15) is 0 Å². The number of hydrogen-bond donors (Lipinski definition) is 1. The molecular weight excluding hydrogens is 204 g/mol. The second-order valence-corrected chi connectivity index (χ2v) is 4.79. The Hall–Kier alpha value is -0.610. The lowest BCUT2D eigenvalue weighted by atomic mass is 10.0. The zero-order valence-corrected chi connectivity index (χ0v) is 10.7. The van der Waals surface area contributed by atoms with Crippen molar-refractivity contribution < 1.29 is 9.53 Å². The number of ether oxygens (including phenoxy) is 1. The molecule has 0 radical (unpaired) electrons. The Bertz CT molecular complexity index is 213. The average Bonchev–Trinajstić information content (AvgIpc) is 2.25. The minimum atomic E-state index is 0.0701. The number of rotatable bonds is 5. The molecule has 0 saturated carbocycles. The molecule has 16 heavy (non-hydrogen) atoms. The molecule has 4 nitrogen and oxygen atoms in total. The van der Waals surface area contributed by atoms with Crippen LogP contribution in [0.1, 0.15) is 27.2 Å². The van der Waals surface area contributed by atoms with Crippen molar-refractivity contribution in [1.29, 1.82) is 0 Å². The molecule has 94 valence electrons. The second kappa shape index (κ2) is 6.86. The van der Waals surface area contributed by atoms with Gasteiger partial charge in [0, 0.05) is 32.6 Å². The van der Waals surface area contributed by atoms with Gasteiger partial charge >= 0.3 is 0 Å². The summed E-state index contributed by atoms with van der Waals surface area (Å²) in [6.45, 7) is 10.7. The van der Waals surface area contributed by atoms with E-state index in [1.807, 2.05) is 0 Å². The zero-order chi connectivity index (χ0) is 12.0. The van der Waals surface area contributed by atoms with Gasteiger partial charge in [0.05, 0.1) is 13.2 Å². The van der Waals surface area contributed by atoms with Crippen LogP contribution < -0.4 is 5.32 Å². The molecule has 1 atom stereocenters. The minimum absolute atomic E-state index is 0.0701. The molecule has 0 aromatic carbocycles. The fourth-order valence-corrected chi connectivity index (χ4v) is 1.98. The highest BCUT2D eigenvalue weighted by molar-refractivity contribution is 5.73. The van der Waals surface area contributed by atoms with Crippen LogP contribution in [-0.4, -0.2) is 49.7 Å². The third-order valence-corrected chi connectivity index (χ3v) is 3.05. The third-order valence-electron chi connectivity index (χ3n) is 3.05. The number of hydrogen-bond acceptors (Lipinski definition) is 3. The van der Waals surface area contributed by atoms with Gasteiger partial charge in [-0.25, -0.2) is 0 Å². The lowest BCUT2D eigenvalue weighted by Gasteiger charge is -2.29. The van der Waals surface area contributed by atoms with Gasteiger partial charge in [-0.05, 0) is 12.3 Å². The van der Waals surface area contributed by atoms with Crippen molar-refractivity contribution in [3.8, 4) is 0 Å². The molecule has 0 bridgehead atoms. The largest absolute Gasteiger partial charge is 0.379 e. The predicted molar refractivity (Wildman–Crippen MR) is 64.3 cm³/mol. The maximum atomic E-state index is 11.1. The van der Waals surface area contributed by atoms with Crippen LogP contribution in [0.3, 0.4) is 0 Å². The lowest BCUT2D eigenvalue weighted by Crippen LogP contribution is -2.42. The monoisotopic (exact) mass is 228 g/mol. The van der Waals surface area contributed by atoms with Crippen LogP contribution in [0.4, 0.5) is 0 Å². The van der Waals surface area contributed by atoms with Crippen LogP contribution in [0.15, 0.2) is 0 Å². The molecule has 1 saturated heterocycles. The molecule has 1 heterocycles. The van der Waals surface area contributed by atoms with E-state index in [9.17, 15) is 4.79 Å². The molecule has 1 fully saturated rings. The molecule has 0 unspecified atom stereocenters. The van der Waals surface area contributed by atoms with Crippen molar-refractivity contribution in [2.24, 2.45) is 5.92 Å². The Morgan fingerprint density at radius 2 is 2.00 bits per heavy atom. The topological polar surface area (TPSA) is 41.6 Å². The van der Waals surface area contributed by atoms with Gasteiger partial charge in [-0.3, -0.25) is 9.69 Å². The maximum Gasteiger partial charge on any atom is 0.217 e. The summed E-state index contributed by atoms with van der Waals surface area (Å²) in [6.07, 6.45) is 1.03. The standard InChI is InChI=1S/C12H24N2O2/c1-10(2)12(13-11(3)15)4-5-14-6-8-16-9-7-14/h10,12H,4-9H2,1-3H3,(H,13,15)/t12-/m1/s1. The van der Waals surface area contributed by atoms with Gasteiger partial charge in [0.2, 0.25) is 5.91 Å². The Morgan fingerprint density at radius 1 is 1.38 bits per heavy atom. The number of nitrogens with one attached hydrogen (secondary N) is 1. The Kier molecular flexibility index (Phi) is 5.77. The van der Waals surface area contributed by atoms with Crippen molar-refractivity contribution in [3.05, 3.63) is 0 Å². The molecule has 4 heteroatoms. The van der Waals surface area contributed by atoms with Crippen LogP contribution in [0.5, 0.6) is 0 Å². The van der Waals surface area contributed by atoms with E-state index in [1.165, 1.54) is 0 Å². The minimum Gasteiger partial charge on any atom is -0.379 e. The number of amides is 1. The molecule has 0 aromatic heterocycles. The van der Waals surface area contributed by atoms with Crippen molar-refractivity contribution in [3.63, 3.8) is 0 Å². The summed E-state index contributed by atoms with van der Waals surface area (Å²) in [5.74, 6) is 0.561. The summed E-state index contributed by atoms with van der Waals surface area (Å²) >= 11 is 0. The van der Waals surface area contributed by atoms with E-state index >= 15 is 0 Å². The van der Waals surface area contributed by atoms with E-state index in [4.69, 9.17) is 4.74 Å². The van der Waals surface area contributed by atoms with Crippen molar-refractivity contribution in [1.82, 2.24) is 10.2 Å². The van der Waals surface area contributed by atoms with Crippen LogP contribution in [0, 0.1) is 5.92 Å². The van der Waals surface area contributed by atoms with Crippen LogP contribution in [0.25, 0.3) is 0 Å². The molecule has 1 N–H and O–H groups in total. The highest BCUT2D eigenvalue weighted by atomic mass is 16.5. The van der Waals surface area contributed by atoms with Gasteiger partial charge < -0.3 is 10.1 Å². The van der Waals surface area contributed by atoms with Crippen LogP contribution in [0.2, 0.25) is 0 Å². The Labute approximate surface area is 98.3 Å².